The Morgan fingerprint density at radius 2 is 1.85 bits per heavy atom. The SMILES string of the molecule is CC(=O)OCC12CC3C[C@H](C1)CC(OC(=O)ON)(C3)C2. The minimum absolute atomic E-state index is 0.0371. The number of ether oxygens (including phenoxy) is 2. The van der Waals surface area contributed by atoms with E-state index in [1.807, 2.05) is 0 Å². The van der Waals surface area contributed by atoms with Gasteiger partial charge in [0, 0.05) is 12.3 Å². The first-order valence-corrected chi connectivity index (χ1v) is 7.17. The predicted octanol–water partition coefficient (Wildman–Crippen LogP) is 1.92. The smallest absolute Gasteiger partial charge is 0.465 e. The van der Waals surface area contributed by atoms with Gasteiger partial charge < -0.3 is 14.3 Å². The molecule has 4 aliphatic carbocycles. The predicted molar refractivity (Wildman–Crippen MR) is 68.2 cm³/mol. The first kappa shape index (κ1) is 13.7. The number of hydrogen-bond acceptors (Lipinski definition) is 6. The van der Waals surface area contributed by atoms with E-state index in [1.54, 1.807) is 0 Å². The molecule has 0 aromatic carbocycles. The number of hydrogen-bond donors (Lipinski definition) is 1. The second-order valence-electron chi connectivity index (χ2n) is 6.89. The Kier molecular flexibility index (Phi) is 3.16. The lowest BCUT2D eigenvalue weighted by Gasteiger charge is -2.60. The molecule has 4 atom stereocenters. The van der Waals surface area contributed by atoms with Crippen molar-refractivity contribution in [2.75, 3.05) is 6.61 Å². The van der Waals surface area contributed by atoms with Crippen molar-refractivity contribution in [1.82, 2.24) is 0 Å². The minimum atomic E-state index is -0.811. The van der Waals surface area contributed by atoms with Crippen molar-refractivity contribution in [3.8, 4) is 0 Å². The van der Waals surface area contributed by atoms with Gasteiger partial charge in [0.15, 0.2) is 0 Å². The van der Waals surface area contributed by atoms with E-state index in [-0.39, 0.29) is 11.4 Å². The van der Waals surface area contributed by atoms with Crippen molar-refractivity contribution < 1.29 is 23.9 Å². The molecule has 3 unspecified atom stereocenters. The summed E-state index contributed by atoms with van der Waals surface area (Å²) in [7, 11) is 0. The van der Waals surface area contributed by atoms with Gasteiger partial charge in [0.2, 0.25) is 0 Å². The molecule has 2 N–H and O–H groups in total. The topological polar surface area (TPSA) is 87.8 Å². The van der Waals surface area contributed by atoms with Gasteiger partial charge in [-0.05, 0) is 50.4 Å². The van der Waals surface area contributed by atoms with Gasteiger partial charge in [-0.3, -0.25) is 4.79 Å². The van der Waals surface area contributed by atoms with E-state index in [2.05, 4.69) is 4.84 Å². The average molecular weight is 283 g/mol. The van der Waals surface area contributed by atoms with Crippen LogP contribution < -0.4 is 5.90 Å². The van der Waals surface area contributed by atoms with Crippen LogP contribution in [0, 0.1) is 17.3 Å². The van der Waals surface area contributed by atoms with Gasteiger partial charge >= 0.3 is 12.1 Å². The van der Waals surface area contributed by atoms with Crippen LogP contribution in [0.1, 0.15) is 45.4 Å². The molecule has 112 valence electrons. The molecule has 20 heavy (non-hydrogen) atoms. The Labute approximate surface area is 117 Å². The monoisotopic (exact) mass is 283 g/mol. The first-order valence-electron chi connectivity index (χ1n) is 7.17. The number of carbonyl (C=O) groups excluding carboxylic acids is 2. The molecule has 0 heterocycles. The summed E-state index contributed by atoms with van der Waals surface area (Å²) in [5, 5.41) is 0. The van der Waals surface area contributed by atoms with E-state index in [0.29, 0.717) is 18.4 Å². The lowest BCUT2D eigenvalue weighted by atomic mass is 9.48. The third kappa shape index (κ3) is 2.37. The lowest BCUT2D eigenvalue weighted by Crippen LogP contribution is -2.58. The van der Waals surface area contributed by atoms with E-state index in [9.17, 15) is 9.59 Å². The standard InChI is InChI=1S/C14H21NO5/c1-9(16)18-8-13-3-10-2-11(4-13)6-14(5-10,7-13)19-12(17)20-15/h10-11H,2-8,15H2,1H3/t10-,11?,13?,14?/m1/s1. The fourth-order valence-corrected chi connectivity index (χ4v) is 5.11. The second kappa shape index (κ2) is 4.62. The molecule has 4 rings (SSSR count). The van der Waals surface area contributed by atoms with Gasteiger partial charge in [0.25, 0.3) is 0 Å². The Morgan fingerprint density at radius 3 is 2.40 bits per heavy atom. The average Bonchev–Trinajstić information content (AvgIpc) is 2.34. The van der Waals surface area contributed by atoms with Crippen LogP contribution in [-0.4, -0.2) is 24.3 Å². The lowest BCUT2D eigenvalue weighted by molar-refractivity contribution is -0.192. The highest BCUT2D eigenvalue weighted by molar-refractivity contribution is 5.66. The largest absolute Gasteiger partial charge is 0.528 e. The number of carbonyl (C=O) groups is 2. The van der Waals surface area contributed by atoms with Crippen LogP contribution in [0.4, 0.5) is 4.79 Å². The molecule has 6 heteroatoms. The van der Waals surface area contributed by atoms with Crippen molar-refractivity contribution in [2.45, 2.75) is 51.0 Å². The fourth-order valence-electron chi connectivity index (χ4n) is 5.11. The Balaban J connectivity index is 1.78. The van der Waals surface area contributed by atoms with Gasteiger partial charge in [-0.2, -0.15) is 5.90 Å². The molecule has 0 amide bonds. The minimum Gasteiger partial charge on any atom is -0.465 e. The molecule has 4 fully saturated rings. The summed E-state index contributed by atoms with van der Waals surface area (Å²) in [6.45, 7) is 1.86. The first-order chi connectivity index (χ1) is 9.44. The highest BCUT2D eigenvalue weighted by Crippen LogP contribution is 2.62. The third-order valence-corrected chi connectivity index (χ3v) is 5.11. The Morgan fingerprint density at radius 1 is 1.20 bits per heavy atom. The van der Waals surface area contributed by atoms with Gasteiger partial charge in [0.1, 0.15) is 5.60 Å². The van der Waals surface area contributed by atoms with E-state index in [0.717, 1.165) is 32.1 Å². The van der Waals surface area contributed by atoms with Crippen molar-refractivity contribution in [3.63, 3.8) is 0 Å². The van der Waals surface area contributed by atoms with Gasteiger partial charge in [-0.25, -0.2) is 4.79 Å². The maximum absolute atomic E-state index is 11.4. The summed E-state index contributed by atoms with van der Waals surface area (Å²) in [6.07, 6.45) is 4.98. The zero-order valence-corrected chi connectivity index (χ0v) is 11.7. The molecular formula is C14H21NO5. The maximum atomic E-state index is 11.4. The normalized spacial score (nSPS) is 41.3. The zero-order chi connectivity index (χ0) is 14.4. The van der Waals surface area contributed by atoms with Crippen LogP contribution in [-0.2, 0) is 19.1 Å². The van der Waals surface area contributed by atoms with E-state index in [4.69, 9.17) is 15.4 Å². The van der Waals surface area contributed by atoms with E-state index in [1.165, 1.54) is 13.3 Å². The summed E-state index contributed by atoms with van der Waals surface area (Å²) in [5.41, 5.74) is -0.509. The third-order valence-electron chi connectivity index (χ3n) is 5.11. The quantitative estimate of drug-likeness (QED) is 0.629. The van der Waals surface area contributed by atoms with E-state index >= 15 is 0 Å². The zero-order valence-electron chi connectivity index (χ0n) is 11.7. The number of rotatable bonds is 3. The molecule has 4 bridgehead atoms. The molecule has 0 aromatic rings. The molecule has 0 aliphatic heterocycles. The highest BCUT2D eigenvalue weighted by atomic mass is 16.8. The maximum Gasteiger partial charge on any atom is 0.528 e. The van der Waals surface area contributed by atoms with E-state index < -0.39 is 11.8 Å². The Bertz CT molecular complexity index is 421. The highest BCUT2D eigenvalue weighted by Gasteiger charge is 2.60. The summed E-state index contributed by atoms with van der Waals surface area (Å²) >= 11 is 0. The van der Waals surface area contributed by atoms with Crippen molar-refractivity contribution in [2.24, 2.45) is 23.1 Å². The van der Waals surface area contributed by atoms with Crippen LogP contribution in [0.15, 0.2) is 0 Å². The molecular weight excluding hydrogens is 262 g/mol. The molecule has 0 spiro atoms. The van der Waals surface area contributed by atoms with Gasteiger partial charge in [-0.15, -0.1) is 0 Å². The van der Waals surface area contributed by atoms with Crippen LogP contribution in [0.5, 0.6) is 0 Å². The molecule has 6 nitrogen and oxygen atoms in total. The summed E-state index contributed by atoms with van der Waals surface area (Å²) in [6, 6.07) is 0. The Hall–Kier alpha value is -1.30. The van der Waals surface area contributed by atoms with Crippen molar-refractivity contribution in [1.29, 1.82) is 0 Å². The fraction of sp³-hybridized carbons (Fsp3) is 0.857. The van der Waals surface area contributed by atoms with Crippen LogP contribution in [0.2, 0.25) is 0 Å². The van der Waals surface area contributed by atoms with Crippen LogP contribution >= 0.6 is 0 Å². The molecule has 0 aromatic heterocycles. The van der Waals surface area contributed by atoms with Gasteiger partial charge in [0.05, 0.1) is 6.61 Å². The van der Waals surface area contributed by atoms with Crippen LogP contribution in [0.25, 0.3) is 0 Å². The second-order valence-corrected chi connectivity index (χ2v) is 6.89. The summed E-state index contributed by atoms with van der Waals surface area (Å²) in [4.78, 5) is 26.7. The van der Waals surface area contributed by atoms with Crippen LogP contribution in [0.3, 0.4) is 0 Å². The molecule has 4 aliphatic rings. The number of esters is 1. The summed E-state index contributed by atoms with van der Waals surface area (Å²) in [5.74, 6) is 5.71. The molecule has 0 saturated heterocycles. The molecule has 4 saturated carbocycles. The number of nitrogens with two attached hydrogens (primary N) is 1. The summed E-state index contributed by atoms with van der Waals surface area (Å²) < 4.78 is 10.8. The van der Waals surface area contributed by atoms with Crippen molar-refractivity contribution >= 4 is 12.1 Å². The van der Waals surface area contributed by atoms with Crippen molar-refractivity contribution in [3.05, 3.63) is 0 Å². The van der Waals surface area contributed by atoms with Gasteiger partial charge in [-0.1, -0.05) is 0 Å². The molecule has 0 radical (unpaired) electrons.